The Kier molecular flexibility index (Phi) is 5.73. The lowest BCUT2D eigenvalue weighted by atomic mass is 9.88. The molecule has 0 heterocycles. The van der Waals surface area contributed by atoms with Crippen LogP contribution in [0.1, 0.15) is 59.7 Å². The van der Waals surface area contributed by atoms with Crippen LogP contribution < -0.4 is 10.2 Å². The number of anilines is 1. The Bertz CT molecular complexity index is 1050. The number of amides is 1. The van der Waals surface area contributed by atoms with Crippen LogP contribution in [-0.4, -0.2) is 23.5 Å². The maximum atomic E-state index is 13.5. The molecule has 1 saturated carbocycles. The molecule has 5 nitrogen and oxygen atoms in total. The Balaban J connectivity index is 1.89. The normalized spacial score (nSPS) is 17.0. The number of hydrogen-bond acceptors (Lipinski definition) is 4. The van der Waals surface area contributed by atoms with Gasteiger partial charge in [-0.2, -0.15) is 0 Å². The van der Waals surface area contributed by atoms with Gasteiger partial charge in [0.2, 0.25) is 17.5 Å². The van der Waals surface area contributed by atoms with Gasteiger partial charge < -0.3 is 5.32 Å². The van der Waals surface area contributed by atoms with Gasteiger partial charge in [-0.25, -0.2) is 0 Å². The first kappa shape index (κ1) is 20.4. The van der Waals surface area contributed by atoms with E-state index in [2.05, 4.69) is 5.32 Å². The second kappa shape index (κ2) is 8.44. The second-order valence-electron chi connectivity index (χ2n) is 7.74. The molecule has 0 unspecified atom stereocenters. The average Bonchev–Trinajstić information content (AvgIpc) is 2.75. The summed E-state index contributed by atoms with van der Waals surface area (Å²) in [6.45, 7) is 1.38. The van der Waals surface area contributed by atoms with Crippen molar-refractivity contribution in [1.29, 1.82) is 0 Å². The van der Waals surface area contributed by atoms with E-state index >= 15 is 0 Å². The molecule has 2 aliphatic rings. The van der Waals surface area contributed by atoms with Crippen LogP contribution in [0.25, 0.3) is 0 Å². The summed E-state index contributed by atoms with van der Waals surface area (Å²) in [4.78, 5) is 41.0. The number of halogens is 1. The van der Waals surface area contributed by atoms with Crippen LogP contribution in [-0.2, 0) is 4.79 Å². The van der Waals surface area contributed by atoms with Gasteiger partial charge in [-0.1, -0.05) is 61.2 Å². The summed E-state index contributed by atoms with van der Waals surface area (Å²) in [7, 11) is 0. The van der Waals surface area contributed by atoms with Crippen molar-refractivity contribution in [3.05, 3.63) is 76.1 Å². The monoisotopic (exact) mass is 422 g/mol. The molecule has 2 aromatic rings. The molecule has 0 bridgehead atoms. The minimum absolute atomic E-state index is 0.0686. The van der Waals surface area contributed by atoms with E-state index in [1.165, 1.54) is 18.2 Å². The van der Waals surface area contributed by atoms with Crippen molar-refractivity contribution in [2.24, 2.45) is 0 Å². The molecule has 6 heteroatoms. The number of allylic oxidation sites excluding steroid dienone is 2. The van der Waals surface area contributed by atoms with Gasteiger partial charge in [-0.05, 0) is 31.0 Å². The van der Waals surface area contributed by atoms with Crippen LogP contribution in [0.4, 0.5) is 5.69 Å². The highest BCUT2D eigenvalue weighted by Crippen LogP contribution is 2.33. The Morgan fingerprint density at radius 2 is 1.63 bits per heavy atom. The number of ketones is 2. The van der Waals surface area contributed by atoms with Crippen molar-refractivity contribution in [3.63, 3.8) is 0 Å². The van der Waals surface area contributed by atoms with Gasteiger partial charge in [0.25, 0.3) is 0 Å². The van der Waals surface area contributed by atoms with E-state index in [0.717, 1.165) is 25.7 Å². The Morgan fingerprint density at radius 3 is 2.27 bits per heavy atom. The van der Waals surface area contributed by atoms with Crippen molar-refractivity contribution in [2.45, 2.75) is 45.1 Å². The summed E-state index contributed by atoms with van der Waals surface area (Å²) >= 11 is 6.15. The van der Waals surface area contributed by atoms with Crippen molar-refractivity contribution in [1.82, 2.24) is 5.32 Å². The van der Waals surface area contributed by atoms with Gasteiger partial charge in [0.1, 0.15) is 11.4 Å². The maximum absolute atomic E-state index is 13.5. The van der Waals surface area contributed by atoms with Crippen molar-refractivity contribution < 1.29 is 14.4 Å². The summed E-state index contributed by atoms with van der Waals surface area (Å²) in [6.07, 6.45) is 5.17. The summed E-state index contributed by atoms with van der Waals surface area (Å²) in [5, 5.41) is 3.77. The van der Waals surface area contributed by atoms with Gasteiger partial charge in [-0.15, -0.1) is 0 Å². The summed E-state index contributed by atoms with van der Waals surface area (Å²) in [5.41, 5.74) is 1.38. The molecular formula is C24H23ClN2O3. The lowest BCUT2D eigenvalue weighted by Gasteiger charge is -2.32. The molecule has 0 aliphatic heterocycles. The first-order valence-corrected chi connectivity index (χ1v) is 10.6. The molecular weight excluding hydrogens is 400 g/mol. The zero-order valence-corrected chi connectivity index (χ0v) is 17.5. The third kappa shape index (κ3) is 3.77. The summed E-state index contributed by atoms with van der Waals surface area (Å²) in [5.74, 6) is -0.978. The number of hydrogen-bond donors (Lipinski definition) is 1. The van der Waals surface area contributed by atoms with Gasteiger partial charge >= 0.3 is 0 Å². The predicted molar refractivity (Wildman–Crippen MR) is 117 cm³/mol. The van der Waals surface area contributed by atoms with Gasteiger partial charge in [-0.3, -0.25) is 19.3 Å². The first-order chi connectivity index (χ1) is 14.5. The third-order valence-electron chi connectivity index (χ3n) is 5.65. The Hall–Kier alpha value is -2.92. The highest BCUT2D eigenvalue weighted by molar-refractivity contribution is 6.32. The number of nitrogens with zero attached hydrogens (tertiary/aromatic N) is 1. The van der Waals surface area contributed by atoms with Gasteiger partial charge in [0, 0.05) is 29.1 Å². The number of carbonyl (C=O) groups excluding carboxylic acids is 3. The molecule has 1 N–H and O–H groups in total. The molecule has 0 aromatic heterocycles. The SMILES string of the molecule is CC(=O)N(C1=C(NC2CCCCC2)C(=O)c2ccccc2C1=O)c1cccc(Cl)c1. The van der Waals surface area contributed by atoms with E-state index in [1.807, 2.05) is 0 Å². The molecule has 2 aliphatic carbocycles. The number of carbonyl (C=O) groups is 3. The maximum Gasteiger partial charge on any atom is 0.228 e. The quantitative estimate of drug-likeness (QED) is 0.760. The molecule has 1 amide bonds. The topological polar surface area (TPSA) is 66.5 Å². The number of nitrogens with one attached hydrogen (secondary N) is 1. The Morgan fingerprint density at radius 1 is 0.967 bits per heavy atom. The molecule has 154 valence electrons. The highest BCUT2D eigenvalue weighted by atomic mass is 35.5. The van der Waals surface area contributed by atoms with Gasteiger partial charge in [0.15, 0.2) is 0 Å². The zero-order chi connectivity index (χ0) is 21.3. The van der Waals surface area contributed by atoms with E-state index in [-0.39, 0.29) is 34.9 Å². The molecule has 0 spiro atoms. The average molecular weight is 423 g/mol. The molecule has 30 heavy (non-hydrogen) atoms. The van der Waals surface area contributed by atoms with Crippen molar-refractivity contribution >= 4 is 34.8 Å². The van der Waals surface area contributed by atoms with E-state index < -0.39 is 0 Å². The van der Waals surface area contributed by atoms with Crippen molar-refractivity contribution in [3.8, 4) is 0 Å². The fraction of sp³-hybridized carbons (Fsp3) is 0.292. The fourth-order valence-corrected chi connectivity index (χ4v) is 4.43. The molecule has 4 rings (SSSR count). The summed E-state index contributed by atoms with van der Waals surface area (Å²) < 4.78 is 0. The smallest absolute Gasteiger partial charge is 0.228 e. The van der Waals surface area contributed by atoms with Crippen molar-refractivity contribution in [2.75, 3.05) is 4.90 Å². The minimum atomic E-state index is -0.365. The van der Waals surface area contributed by atoms with Crippen LogP contribution in [0.3, 0.4) is 0 Å². The molecule has 0 atom stereocenters. The predicted octanol–water partition coefficient (Wildman–Crippen LogP) is 4.91. The first-order valence-electron chi connectivity index (χ1n) is 10.2. The van der Waals surface area contributed by atoms with Crippen LogP contribution in [0, 0.1) is 0 Å². The molecule has 0 radical (unpaired) electrons. The summed E-state index contributed by atoms with van der Waals surface area (Å²) in [6, 6.07) is 13.6. The zero-order valence-electron chi connectivity index (χ0n) is 16.8. The van der Waals surface area contributed by atoms with Crippen LogP contribution in [0.2, 0.25) is 5.02 Å². The largest absolute Gasteiger partial charge is 0.377 e. The molecule has 0 saturated heterocycles. The fourth-order valence-electron chi connectivity index (χ4n) is 4.24. The van der Waals surface area contributed by atoms with E-state index in [1.54, 1.807) is 48.5 Å². The number of benzene rings is 2. The van der Waals surface area contributed by atoms with E-state index in [0.29, 0.717) is 21.8 Å². The number of rotatable bonds is 4. The number of fused-ring (bicyclic) bond motifs is 1. The standard InChI is InChI=1S/C24H23ClN2O3/c1-15(28)27(18-11-7-8-16(25)14-18)22-21(26-17-9-3-2-4-10-17)23(29)19-12-5-6-13-20(19)24(22)30/h5-8,11-14,17,26H,2-4,9-10H2,1H3. The lowest BCUT2D eigenvalue weighted by Crippen LogP contribution is -2.43. The van der Waals surface area contributed by atoms with Crippen LogP contribution in [0.5, 0.6) is 0 Å². The van der Waals surface area contributed by atoms with Crippen LogP contribution >= 0.6 is 11.6 Å². The van der Waals surface area contributed by atoms with Gasteiger partial charge in [0.05, 0.1) is 5.69 Å². The minimum Gasteiger partial charge on any atom is -0.377 e. The Labute approximate surface area is 180 Å². The molecule has 2 aromatic carbocycles. The molecule has 1 fully saturated rings. The van der Waals surface area contributed by atoms with E-state index in [9.17, 15) is 14.4 Å². The van der Waals surface area contributed by atoms with Crippen LogP contribution in [0.15, 0.2) is 59.9 Å². The second-order valence-corrected chi connectivity index (χ2v) is 8.18. The highest BCUT2D eigenvalue weighted by Gasteiger charge is 2.38. The third-order valence-corrected chi connectivity index (χ3v) is 5.89. The number of Topliss-reactive ketones (excluding diaryl/α,β-unsaturated/α-hetero) is 2. The lowest BCUT2D eigenvalue weighted by molar-refractivity contribution is -0.116. The van der Waals surface area contributed by atoms with E-state index in [4.69, 9.17) is 11.6 Å².